The minimum Gasteiger partial charge on any atom is -0.394 e. The van der Waals surface area contributed by atoms with Crippen LogP contribution in [0.3, 0.4) is 0 Å². The Kier molecular flexibility index (Phi) is 12.4. The molecular formula is C13H26O3. The van der Waals surface area contributed by atoms with Gasteiger partial charge < -0.3 is 14.9 Å². The summed E-state index contributed by atoms with van der Waals surface area (Å²) in [5.41, 5.74) is 0. The second-order valence-corrected chi connectivity index (χ2v) is 4.02. The molecule has 2 N–H and O–H groups in total. The zero-order valence-electron chi connectivity index (χ0n) is 10.4. The fourth-order valence-corrected chi connectivity index (χ4v) is 1.35. The van der Waals surface area contributed by atoms with Crippen LogP contribution in [0, 0.1) is 0 Å². The monoisotopic (exact) mass is 230 g/mol. The number of aliphatic hydroxyl groups is 2. The number of aliphatic hydroxyl groups excluding tert-OH is 2. The molecule has 0 aliphatic heterocycles. The zero-order chi connectivity index (χ0) is 12.1. The third-order valence-corrected chi connectivity index (χ3v) is 2.34. The number of hydrogen-bond donors (Lipinski definition) is 2. The summed E-state index contributed by atoms with van der Waals surface area (Å²) in [4.78, 5) is 0. The molecule has 96 valence electrons. The molecule has 0 spiro atoms. The quantitative estimate of drug-likeness (QED) is 0.423. The van der Waals surface area contributed by atoms with Crippen LogP contribution in [0.5, 0.6) is 0 Å². The summed E-state index contributed by atoms with van der Waals surface area (Å²) in [5, 5.41) is 17.5. The van der Waals surface area contributed by atoms with E-state index in [-0.39, 0.29) is 13.2 Å². The first-order valence-electron chi connectivity index (χ1n) is 6.33. The average Bonchev–Trinajstić information content (AvgIpc) is 2.31. The highest BCUT2D eigenvalue weighted by Gasteiger charge is 1.99. The summed E-state index contributed by atoms with van der Waals surface area (Å²) in [6.07, 6.45) is 10.8. The van der Waals surface area contributed by atoms with E-state index >= 15 is 0 Å². The molecule has 0 rings (SSSR count). The van der Waals surface area contributed by atoms with Crippen LogP contribution in [0.15, 0.2) is 12.2 Å². The average molecular weight is 230 g/mol. The first-order chi connectivity index (χ1) is 7.81. The van der Waals surface area contributed by atoms with Crippen molar-refractivity contribution in [1.82, 2.24) is 0 Å². The van der Waals surface area contributed by atoms with Crippen LogP contribution >= 0.6 is 0 Å². The van der Waals surface area contributed by atoms with Crippen LogP contribution in [0.4, 0.5) is 0 Å². The number of hydrogen-bond acceptors (Lipinski definition) is 3. The molecule has 0 aromatic carbocycles. The van der Waals surface area contributed by atoms with Crippen LogP contribution in [0.25, 0.3) is 0 Å². The van der Waals surface area contributed by atoms with Gasteiger partial charge in [0.05, 0.1) is 19.8 Å². The smallest absolute Gasteiger partial charge is 0.100 e. The molecule has 3 heteroatoms. The molecule has 0 bridgehead atoms. The van der Waals surface area contributed by atoms with Crippen molar-refractivity contribution in [1.29, 1.82) is 0 Å². The van der Waals surface area contributed by atoms with Crippen molar-refractivity contribution in [2.45, 2.75) is 51.6 Å². The van der Waals surface area contributed by atoms with Gasteiger partial charge in [0.2, 0.25) is 0 Å². The van der Waals surface area contributed by atoms with Gasteiger partial charge in [0.15, 0.2) is 0 Å². The first-order valence-corrected chi connectivity index (χ1v) is 6.33. The standard InChI is InChI=1S/C13H26O3/c1-2-3-4-5-6-7-8-9-10-16-12-13(15)11-14/h7-8,13-15H,2-6,9-12H2,1H3/b8-7+. The Bertz CT molecular complexity index is 157. The lowest BCUT2D eigenvalue weighted by molar-refractivity contribution is 0.00767. The van der Waals surface area contributed by atoms with Crippen molar-refractivity contribution in [2.24, 2.45) is 0 Å². The molecule has 0 heterocycles. The molecule has 0 fully saturated rings. The minimum absolute atomic E-state index is 0.223. The topological polar surface area (TPSA) is 49.7 Å². The third-order valence-electron chi connectivity index (χ3n) is 2.34. The van der Waals surface area contributed by atoms with Gasteiger partial charge in [-0.2, -0.15) is 0 Å². The second-order valence-electron chi connectivity index (χ2n) is 4.02. The molecule has 0 aliphatic carbocycles. The van der Waals surface area contributed by atoms with Crippen LogP contribution in [-0.4, -0.2) is 36.1 Å². The Morgan fingerprint density at radius 3 is 2.56 bits per heavy atom. The van der Waals surface area contributed by atoms with Gasteiger partial charge in [0.25, 0.3) is 0 Å². The summed E-state index contributed by atoms with van der Waals surface area (Å²) >= 11 is 0. The van der Waals surface area contributed by atoms with Crippen molar-refractivity contribution in [3.63, 3.8) is 0 Å². The molecule has 1 unspecified atom stereocenters. The molecule has 3 nitrogen and oxygen atoms in total. The Morgan fingerprint density at radius 1 is 1.12 bits per heavy atom. The van der Waals surface area contributed by atoms with Crippen LogP contribution in [-0.2, 0) is 4.74 Å². The third kappa shape index (κ3) is 11.7. The lowest BCUT2D eigenvalue weighted by Gasteiger charge is -2.06. The van der Waals surface area contributed by atoms with E-state index in [1.165, 1.54) is 25.7 Å². The van der Waals surface area contributed by atoms with E-state index < -0.39 is 6.10 Å². The van der Waals surface area contributed by atoms with Crippen LogP contribution in [0.2, 0.25) is 0 Å². The van der Waals surface area contributed by atoms with Crippen molar-refractivity contribution in [2.75, 3.05) is 19.8 Å². The summed E-state index contributed by atoms with van der Waals surface area (Å²) < 4.78 is 5.17. The zero-order valence-corrected chi connectivity index (χ0v) is 10.4. The molecule has 0 saturated heterocycles. The van der Waals surface area contributed by atoms with Gasteiger partial charge in [0, 0.05) is 0 Å². The highest BCUT2D eigenvalue weighted by atomic mass is 16.5. The Morgan fingerprint density at radius 2 is 1.88 bits per heavy atom. The van der Waals surface area contributed by atoms with E-state index in [1.54, 1.807) is 0 Å². The Balaban J connectivity index is 3.09. The normalized spacial score (nSPS) is 13.4. The van der Waals surface area contributed by atoms with Gasteiger partial charge in [-0.15, -0.1) is 0 Å². The van der Waals surface area contributed by atoms with Gasteiger partial charge in [-0.05, 0) is 19.3 Å². The number of ether oxygens (including phenoxy) is 1. The lowest BCUT2D eigenvalue weighted by atomic mass is 10.1. The van der Waals surface area contributed by atoms with Crippen molar-refractivity contribution in [3.8, 4) is 0 Å². The number of unbranched alkanes of at least 4 members (excludes halogenated alkanes) is 4. The fourth-order valence-electron chi connectivity index (χ4n) is 1.35. The maximum atomic E-state index is 8.99. The highest BCUT2D eigenvalue weighted by Crippen LogP contribution is 2.03. The van der Waals surface area contributed by atoms with Gasteiger partial charge in [-0.1, -0.05) is 38.3 Å². The van der Waals surface area contributed by atoms with E-state index in [1.807, 2.05) is 0 Å². The van der Waals surface area contributed by atoms with Crippen LogP contribution < -0.4 is 0 Å². The van der Waals surface area contributed by atoms with Crippen molar-refractivity contribution >= 4 is 0 Å². The predicted molar refractivity (Wildman–Crippen MR) is 66.4 cm³/mol. The fraction of sp³-hybridized carbons (Fsp3) is 0.846. The van der Waals surface area contributed by atoms with Gasteiger partial charge in [0.1, 0.15) is 6.10 Å². The minimum atomic E-state index is -0.738. The summed E-state index contributed by atoms with van der Waals surface area (Å²) in [6.45, 7) is 2.82. The molecule has 0 amide bonds. The largest absolute Gasteiger partial charge is 0.394 e. The van der Waals surface area contributed by atoms with Crippen molar-refractivity contribution < 1.29 is 14.9 Å². The molecule has 0 aromatic rings. The van der Waals surface area contributed by atoms with Crippen molar-refractivity contribution in [3.05, 3.63) is 12.2 Å². The van der Waals surface area contributed by atoms with Gasteiger partial charge >= 0.3 is 0 Å². The summed E-state index contributed by atoms with van der Waals surface area (Å²) in [5.74, 6) is 0. The lowest BCUT2D eigenvalue weighted by Crippen LogP contribution is -2.19. The first kappa shape index (κ1) is 15.6. The molecule has 0 radical (unpaired) electrons. The van der Waals surface area contributed by atoms with Crippen LogP contribution in [0.1, 0.15) is 45.4 Å². The predicted octanol–water partition coefficient (Wildman–Crippen LogP) is 2.27. The SMILES string of the molecule is CCCCCC/C=C/CCOCC(O)CO. The van der Waals surface area contributed by atoms with E-state index in [2.05, 4.69) is 19.1 Å². The summed E-state index contributed by atoms with van der Waals surface area (Å²) in [7, 11) is 0. The molecule has 1 atom stereocenters. The molecule has 0 aromatic heterocycles. The maximum Gasteiger partial charge on any atom is 0.100 e. The van der Waals surface area contributed by atoms with E-state index in [0.717, 1.165) is 12.8 Å². The van der Waals surface area contributed by atoms with E-state index in [4.69, 9.17) is 14.9 Å². The number of allylic oxidation sites excluding steroid dienone is 1. The summed E-state index contributed by atoms with van der Waals surface area (Å²) in [6, 6.07) is 0. The van der Waals surface area contributed by atoms with Gasteiger partial charge in [-0.25, -0.2) is 0 Å². The van der Waals surface area contributed by atoms with Gasteiger partial charge in [-0.3, -0.25) is 0 Å². The molecule has 0 aliphatic rings. The Labute approximate surface area is 99.1 Å². The molecule has 16 heavy (non-hydrogen) atoms. The Hall–Kier alpha value is -0.380. The highest BCUT2D eigenvalue weighted by molar-refractivity contribution is 4.81. The van der Waals surface area contributed by atoms with E-state index in [0.29, 0.717) is 6.61 Å². The maximum absolute atomic E-state index is 8.99. The second kappa shape index (κ2) is 12.7. The molecule has 0 saturated carbocycles. The number of rotatable bonds is 11. The molecular weight excluding hydrogens is 204 g/mol. The van der Waals surface area contributed by atoms with E-state index in [9.17, 15) is 0 Å².